The van der Waals surface area contributed by atoms with Crippen LogP contribution in [0.25, 0.3) is 0 Å². The summed E-state index contributed by atoms with van der Waals surface area (Å²) in [5.41, 5.74) is 3.04. The highest BCUT2D eigenvalue weighted by Gasteiger charge is 2.18. The molecule has 0 spiro atoms. The fourth-order valence-corrected chi connectivity index (χ4v) is 2.55. The second-order valence-electron chi connectivity index (χ2n) is 5.20. The minimum atomic E-state index is -0.394. The van der Waals surface area contributed by atoms with Gasteiger partial charge in [-0.2, -0.15) is 0 Å². The predicted molar refractivity (Wildman–Crippen MR) is 79.0 cm³/mol. The van der Waals surface area contributed by atoms with Gasteiger partial charge in [-0.05, 0) is 33.3 Å². The van der Waals surface area contributed by atoms with Crippen molar-refractivity contribution in [2.75, 3.05) is 0 Å². The molecule has 1 heterocycles. The summed E-state index contributed by atoms with van der Waals surface area (Å²) in [6.07, 6.45) is 0. The van der Waals surface area contributed by atoms with E-state index in [2.05, 4.69) is 17.4 Å². The zero-order chi connectivity index (χ0) is 15.6. The Morgan fingerprint density at radius 2 is 1.81 bits per heavy atom. The van der Waals surface area contributed by atoms with Crippen LogP contribution in [0.3, 0.4) is 0 Å². The summed E-state index contributed by atoms with van der Waals surface area (Å²) in [6, 6.07) is 6.74. The zero-order valence-electron chi connectivity index (χ0n) is 12.6. The van der Waals surface area contributed by atoms with Gasteiger partial charge in [-0.25, -0.2) is 0 Å². The number of nitro benzene ring substituents is 1. The van der Waals surface area contributed by atoms with Crippen LogP contribution in [-0.2, 0) is 0 Å². The van der Waals surface area contributed by atoms with Crippen molar-refractivity contribution in [1.82, 2.24) is 10.5 Å². The summed E-state index contributed by atoms with van der Waals surface area (Å²) in [5.74, 6) is 0.809. The molecule has 2 atom stereocenters. The normalized spacial score (nSPS) is 13.9. The number of aryl methyl sites for hydroxylation is 2. The highest BCUT2D eigenvalue weighted by molar-refractivity contribution is 5.34. The Bertz CT molecular complexity index is 615. The van der Waals surface area contributed by atoms with Crippen LogP contribution >= 0.6 is 0 Å². The molecule has 0 amide bonds. The second-order valence-corrected chi connectivity index (χ2v) is 5.20. The van der Waals surface area contributed by atoms with E-state index in [1.54, 1.807) is 12.1 Å². The summed E-state index contributed by atoms with van der Waals surface area (Å²) >= 11 is 0. The Morgan fingerprint density at radius 3 is 2.29 bits per heavy atom. The number of nitrogens with one attached hydrogen (secondary N) is 1. The topological polar surface area (TPSA) is 81.2 Å². The number of benzene rings is 1. The van der Waals surface area contributed by atoms with Crippen molar-refractivity contribution in [2.24, 2.45) is 0 Å². The lowest BCUT2D eigenvalue weighted by Gasteiger charge is -2.20. The number of non-ortho nitro benzene ring substituents is 1. The molecule has 0 radical (unpaired) electrons. The number of nitro groups is 1. The van der Waals surface area contributed by atoms with Gasteiger partial charge in [-0.1, -0.05) is 17.3 Å². The SMILES string of the molecule is Cc1noc(C)c1C(C)NC(C)c1ccc([N+](=O)[O-])cc1. The predicted octanol–water partition coefficient (Wildman–Crippen LogP) is 3.61. The molecule has 0 aliphatic rings. The Labute approximate surface area is 123 Å². The fraction of sp³-hybridized carbons (Fsp3) is 0.400. The first-order valence-electron chi connectivity index (χ1n) is 6.83. The van der Waals surface area contributed by atoms with E-state index in [0.717, 1.165) is 22.6 Å². The van der Waals surface area contributed by atoms with Crippen molar-refractivity contribution in [3.05, 3.63) is 57.0 Å². The van der Waals surface area contributed by atoms with E-state index < -0.39 is 4.92 Å². The molecule has 6 heteroatoms. The maximum Gasteiger partial charge on any atom is 0.269 e. The van der Waals surface area contributed by atoms with Gasteiger partial charge < -0.3 is 9.84 Å². The van der Waals surface area contributed by atoms with Crippen LogP contribution in [-0.4, -0.2) is 10.1 Å². The molecule has 2 unspecified atom stereocenters. The summed E-state index contributed by atoms with van der Waals surface area (Å²) < 4.78 is 5.18. The number of rotatable bonds is 5. The molecule has 2 rings (SSSR count). The summed E-state index contributed by atoms with van der Waals surface area (Å²) in [7, 11) is 0. The van der Waals surface area contributed by atoms with Gasteiger partial charge in [0.2, 0.25) is 0 Å². The molecule has 0 saturated heterocycles. The first kappa shape index (κ1) is 15.2. The van der Waals surface area contributed by atoms with Crippen LogP contribution < -0.4 is 5.32 Å². The molecule has 112 valence electrons. The number of hydrogen-bond donors (Lipinski definition) is 1. The van der Waals surface area contributed by atoms with Gasteiger partial charge >= 0.3 is 0 Å². The van der Waals surface area contributed by atoms with Crippen LogP contribution in [0, 0.1) is 24.0 Å². The average molecular weight is 289 g/mol. The molecule has 2 aromatic rings. The van der Waals surface area contributed by atoms with Gasteiger partial charge in [0, 0.05) is 29.8 Å². The van der Waals surface area contributed by atoms with Gasteiger partial charge in [-0.3, -0.25) is 10.1 Å². The Balaban J connectivity index is 2.10. The zero-order valence-corrected chi connectivity index (χ0v) is 12.6. The quantitative estimate of drug-likeness (QED) is 0.671. The molecular formula is C15H19N3O3. The third kappa shape index (κ3) is 3.28. The molecule has 1 N–H and O–H groups in total. The minimum absolute atomic E-state index is 0.0644. The van der Waals surface area contributed by atoms with Crippen molar-refractivity contribution >= 4 is 5.69 Å². The van der Waals surface area contributed by atoms with E-state index in [4.69, 9.17) is 4.52 Å². The van der Waals surface area contributed by atoms with Crippen LogP contribution in [0.1, 0.15) is 48.5 Å². The number of hydrogen-bond acceptors (Lipinski definition) is 5. The third-order valence-electron chi connectivity index (χ3n) is 3.63. The van der Waals surface area contributed by atoms with Crippen LogP contribution in [0.5, 0.6) is 0 Å². The molecule has 6 nitrogen and oxygen atoms in total. The van der Waals surface area contributed by atoms with Gasteiger partial charge in [0.1, 0.15) is 5.76 Å². The number of aromatic nitrogens is 1. The van der Waals surface area contributed by atoms with Crippen molar-refractivity contribution in [3.8, 4) is 0 Å². The summed E-state index contributed by atoms with van der Waals surface area (Å²) in [4.78, 5) is 10.3. The first-order chi connectivity index (χ1) is 9.90. The van der Waals surface area contributed by atoms with E-state index in [1.165, 1.54) is 12.1 Å². The van der Waals surface area contributed by atoms with Crippen molar-refractivity contribution in [1.29, 1.82) is 0 Å². The van der Waals surface area contributed by atoms with E-state index in [-0.39, 0.29) is 17.8 Å². The maximum absolute atomic E-state index is 10.7. The van der Waals surface area contributed by atoms with Crippen molar-refractivity contribution in [3.63, 3.8) is 0 Å². The molecular weight excluding hydrogens is 270 g/mol. The minimum Gasteiger partial charge on any atom is -0.361 e. The monoisotopic (exact) mass is 289 g/mol. The Hall–Kier alpha value is -2.21. The lowest BCUT2D eigenvalue weighted by molar-refractivity contribution is -0.384. The van der Waals surface area contributed by atoms with Crippen molar-refractivity contribution in [2.45, 2.75) is 39.8 Å². The lowest BCUT2D eigenvalue weighted by Crippen LogP contribution is -2.23. The van der Waals surface area contributed by atoms with Gasteiger partial charge in [0.15, 0.2) is 0 Å². The molecule has 1 aromatic heterocycles. The van der Waals surface area contributed by atoms with Gasteiger partial charge in [-0.15, -0.1) is 0 Å². The van der Waals surface area contributed by atoms with Crippen LogP contribution in [0.4, 0.5) is 5.69 Å². The standard InChI is InChI=1S/C15H19N3O3/c1-9(13-5-7-14(8-6-13)18(19)20)16-10(2)15-11(3)17-21-12(15)4/h5-10,16H,1-4H3. The second kappa shape index (κ2) is 6.05. The third-order valence-corrected chi connectivity index (χ3v) is 3.63. The van der Waals surface area contributed by atoms with E-state index in [0.29, 0.717) is 0 Å². The van der Waals surface area contributed by atoms with E-state index in [9.17, 15) is 10.1 Å². The van der Waals surface area contributed by atoms with Gasteiger partial charge in [0.05, 0.1) is 10.6 Å². The highest BCUT2D eigenvalue weighted by Crippen LogP contribution is 2.25. The molecule has 0 saturated carbocycles. The number of nitrogens with zero attached hydrogens (tertiary/aromatic N) is 2. The molecule has 1 aromatic carbocycles. The first-order valence-corrected chi connectivity index (χ1v) is 6.83. The Kier molecular flexibility index (Phi) is 4.37. The smallest absolute Gasteiger partial charge is 0.269 e. The van der Waals surface area contributed by atoms with Gasteiger partial charge in [0.25, 0.3) is 5.69 Å². The maximum atomic E-state index is 10.7. The molecule has 0 fully saturated rings. The van der Waals surface area contributed by atoms with E-state index >= 15 is 0 Å². The molecule has 21 heavy (non-hydrogen) atoms. The van der Waals surface area contributed by atoms with Crippen LogP contribution in [0.2, 0.25) is 0 Å². The average Bonchev–Trinajstić information content (AvgIpc) is 2.78. The molecule has 0 aliphatic heterocycles. The Morgan fingerprint density at radius 1 is 1.19 bits per heavy atom. The van der Waals surface area contributed by atoms with Crippen molar-refractivity contribution < 1.29 is 9.45 Å². The summed E-state index contributed by atoms with van der Waals surface area (Å²) in [5, 5.41) is 18.1. The molecule has 0 bridgehead atoms. The van der Waals surface area contributed by atoms with Crippen LogP contribution in [0.15, 0.2) is 28.8 Å². The van der Waals surface area contributed by atoms with E-state index in [1.807, 2.05) is 20.8 Å². The highest BCUT2D eigenvalue weighted by atomic mass is 16.6. The largest absolute Gasteiger partial charge is 0.361 e. The fourth-order valence-electron chi connectivity index (χ4n) is 2.55. The lowest BCUT2D eigenvalue weighted by atomic mass is 10.0. The summed E-state index contributed by atoms with van der Waals surface area (Å²) in [6.45, 7) is 7.88. The molecule has 0 aliphatic carbocycles.